The third-order valence-corrected chi connectivity index (χ3v) is 6.37. The van der Waals surface area contributed by atoms with Crippen molar-refractivity contribution in [3.05, 3.63) is 35.9 Å². The van der Waals surface area contributed by atoms with E-state index >= 15 is 0 Å². The lowest BCUT2D eigenvalue weighted by Gasteiger charge is -2.36. The van der Waals surface area contributed by atoms with Crippen molar-refractivity contribution in [1.29, 1.82) is 0 Å². The Morgan fingerprint density at radius 1 is 1.25 bits per heavy atom. The molecule has 0 aromatic heterocycles. The Morgan fingerprint density at radius 3 is 2.67 bits per heavy atom. The van der Waals surface area contributed by atoms with Crippen molar-refractivity contribution in [2.75, 3.05) is 13.1 Å². The first kappa shape index (κ1) is 15.5. The van der Waals surface area contributed by atoms with Gasteiger partial charge in [-0.15, -0.1) is 0 Å². The third kappa shape index (κ3) is 2.46. The molecule has 5 heteroatoms. The van der Waals surface area contributed by atoms with Gasteiger partial charge in [-0.05, 0) is 36.7 Å². The lowest BCUT2D eigenvalue weighted by atomic mass is 9.67. The standard InChI is InChI=1S/C19H23NO4/c21-17(22)16-10-20(12-19(16)9-14-6-7-15(19)8-14)18(23)24-11-13-4-2-1-3-5-13/h1-5,14-16H,6-12H2,(H,21,22). The molecular formula is C19H23NO4. The second kappa shape index (κ2) is 5.80. The average Bonchev–Trinajstić information content (AvgIpc) is 3.28. The summed E-state index contributed by atoms with van der Waals surface area (Å²) < 4.78 is 5.42. The van der Waals surface area contributed by atoms with E-state index < -0.39 is 11.9 Å². The van der Waals surface area contributed by atoms with Crippen molar-refractivity contribution in [3.8, 4) is 0 Å². The Hall–Kier alpha value is -2.04. The lowest BCUT2D eigenvalue weighted by molar-refractivity contribution is -0.146. The number of fused-ring (bicyclic) bond motifs is 3. The highest BCUT2D eigenvalue weighted by Gasteiger charge is 2.61. The molecule has 4 rings (SSSR count). The zero-order valence-corrected chi connectivity index (χ0v) is 13.7. The quantitative estimate of drug-likeness (QED) is 0.925. The summed E-state index contributed by atoms with van der Waals surface area (Å²) in [5.41, 5.74) is 0.718. The van der Waals surface area contributed by atoms with Crippen LogP contribution < -0.4 is 0 Å². The Bertz CT molecular complexity index is 646. The maximum absolute atomic E-state index is 12.4. The highest BCUT2D eigenvalue weighted by Crippen LogP contribution is 2.61. The van der Waals surface area contributed by atoms with Crippen LogP contribution in [0.15, 0.2) is 30.3 Å². The average molecular weight is 329 g/mol. The normalized spacial score (nSPS) is 34.0. The van der Waals surface area contributed by atoms with Gasteiger partial charge < -0.3 is 14.7 Å². The number of amides is 1. The smallest absolute Gasteiger partial charge is 0.410 e. The third-order valence-electron chi connectivity index (χ3n) is 6.37. The van der Waals surface area contributed by atoms with E-state index in [1.165, 1.54) is 6.42 Å². The molecule has 1 aromatic carbocycles. The monoisotopic (exact) mass is 329 g/mol. The largest absolute Gasteiger partial charge is 0.481 e. The van der Waals surface area contributed by atoms with E-state index in [1.54, 1.807) is 4.90 Å². The molecular weight excluding hydrogens is 306 g/mol. The number of ether oxygens (including phenoxy) is 1. The summed E-state index contributed by atoms with van der Waals surface area (Å²) in [4.78, 5) is 25.9. The summed E-state index contributed by atoms with van der Waals surface area (Å²) in [6.07, 6.45) is 4.04. The van der Waals surface area contributed by atoms with Gasteiger partial charge in [0.2, 0.25) is 0 Å². The van der Waals surface area contributed by atoms with Crippen molar-refractivity contribution < 1.29 is 19.4 Å². The van der Waals surface area contributed by atoms with Gasteiger partial charge in [0.15, 0.2) is 0 Å². The van der Waals surface area contributed by atoms with Crippen LogP contribution in [0.5, 0.6) is 0 Å². The fraction of sp³-hybridized carbons (Fsp3) is 0.579. The summed E-state index contributed by atoms with van der Waals surface area (Å²) in [7, 11) is 0. The molecule has 2 bridgehead atoms. The van der Waals surface area contributed by atoms with Crippen LogP contribution in [0.3, 0.4) is 0 Å². The molecule has 1 aromatic rings. The number of rotatable bonds is 3. The number of hydrogen-bond donors (Lipinski definition) is 1. The van der Waals surface area contributed by atoms with Gasteiger partial charge in [0.1, 0.15) is 6.61 Å². The van der Waals surface area contributed by atoms with E-state index in [-0.39, 0.29) is 24.7 Å². The van der Waals surface area contributed by atoms with E-state index in [0.717, 1.165) is 24.8 Å². The van der Waals surface area contributed by atoms with E-state index in [0.29, 0.717) is 18.4 Å². The number of nitrogens with zero attached hydrogens (tertiary/aromatic N) is 1. The van der Waals surface area contributed by atoms with Crippen LogP contribution in [0, 0.1) is 23.2 Å². The predicted molar refractivity (Wildman–Crippen MR) is 87.2 cm³/mol. The molecule has 3 aliphatic rings. The van der Waals surface area contributed by atoms with Gasteiger partial charge in [-0.25, -0.2) is 4.79 Å². The summed E-state index contributed by atoms with van der Waals surface area (Å²) >= 11 is 0. The summed E-state index contributed by atoms with van der Waals surface area (Å²) in [6.45, 7) is 1.05. The zero-order valence-electron chi connectivity index (χ0n) is 13.7. The van der Waals surface area contributed by atoms with Crippen molar-refractivity contribution in [1.82, 2.24) is 4.90 Å². The van der Waals surface area contributed by atoms with E-state index in [9.17, 15) is 14.7 Å². The maximum atomic E-state index is 12.4. The highest BCUT2D eigenvalue weighted by molar-refractivity contribution is 5.75. The number of carboxylic acids is 1. The Kier molecular flexibility index (Phi) is 3.74. The van der Waals surface area contributed by atoms with Crippen LogP contribution in [0.2, 0.25) is 0 Å². The van der Waals surface area contributed by atoms with Crippen LogP contribution in [-0.4, -0.2) is 35.2 Å². The van der Waals surface area contributed by atoms with Gasteiger partial charge in [0.25, 0.3) is 0 Å². The van der Waals surface area contributed by atoms with Crippen molar-refractivity contribution >= 4 is 12.1 Å². The molecule has 1 amide bonds. The molecule has 1 aliphatic heterocycles. The molecule has 5 nitrogen and oxygen atoms in total. The first-order chi connectivity index (χ1) is 11.6. The fourth-order valence-electron chi connectivity index (χ4n) is 5.31. The topological polar surface area (TPSA) is 66.8 Å². The Morgan fingerprint density at radius 2 is 2.04 bits per heavy atom. The van der Waals surface area contributed by atoms with Crippen LogP contribution in [0.4, 0.5) is 4.79 Å². The Labute approximate surface area is 141 Å². The fourth-order valence-corrected chi connectivity index (χ4v) is 5.31. The highest BCUT2D eigenvalue weighted by atomic mass is 16.6. The van der Waals surface area contributed by atoms with Crippen LogP contribution in [-0.2, 0) is 16.1 Å². The van der Waals surface area contributed by atoms with Gasteiger partial charge >= 0.3 is 12.1 Å². The van der Waals surface area contributed by atoms with Crippen LogP contribution in [0.25, 0.3) is 0 Å². The molecule has 0 radical (unpaired) electrons. The number of aliphatic carboxylic acids is 1. The number of carboxylic acid groups (broad SMARTS) is 1. The minimum atomic E-state index is -0.763. The molecule has 1 heterocycles. The molecule has 1 spiro atoms. The summed E-state index contributed by atoms with van der Waals surface area (Å²) in [6, 6.07) is 9.55. The van der Waals surface area contributed by atoms with Gasteiger partial charge in [-0.1, -0.05) is 36.8 Å². The van der Waals surface area contributed by atoms with Gasteiger partial charge in [-0.3, -0.25) is 4.79 Å². The summed E-state index contributed by atoms with van der Waals surface area (Å²) in [5.74, 6) is -0.106. The SMILES string of the molecule is O=C(O)C1CN(C(=O)OCc2ccccc2)CC12CC1CCC2C1. The minimum absolute atomic E-state index is 0.222. The minimum Gasteiger partial charge on any atom is -0.481 e. The van der Waals surface area contributed by atoms with E-state index in [4.69, 9.17) is 4.74 Å². The molecule has 2 saturated carbocycles. The number of carbonyl (C=O) groups excluding carboxylic acids is 1. The number of likely N-dealkylation sites (tertiary alicyclic amines) is 1. The number of hydrogen-bond acceptors (Lipinski definition) is 3. The molecule has 4 atom stereocenters. The van der Waals surface area contributed by atoms with Crippen molar-refractivity contribution in [2.45, 2.75) is 32.3 Å². The van der Waals surface area contributed by atoms with Gasteiger partial charge in [-0.2, -0.15) is 0 Å². The molecule has 128 valence electrons. The molecule has 4 unspecified atom stereocenters. The van der Waals surface area contributed by atoms with E-state index in [1.807, 2.05) is 30.3 Å². The second-order valence-electron chi connectivity index (χ2n) is 7.62. The molecule has 1 N–H and O–H groups in total. The van der Waals surface area contributed by atoms with Gasteiger partial charge in [0, 0.05) is 18.5 Å². The predicted octanol–water partition coefficient (Wildman–Crippen LogP) is 3.15. The van der Waals surface area contributed by atoms with Crippen LogP contribution in [0.1, 0.15) is 31.2 Å². The van der Waals surface area contributed by atoms with E-state index in [2.05, 4.69) is 0 Å². The maximum Gasteiger partial charge on any atom is 0.410 e. The van der Waals surface area contributed by atoms with Crippen LogP contribution >= 0.6 is 0 Å². The molecule has 3 fully saturated rings. The number of carbonyl (C=O) groups is 2. The van der Waals surface area contributed by atoms with Crippen molar-refractivity contribution in [3.63, 3.8) is 0 Å². The lowest BCUT2D eigenvalue weighted by Crippen LogP contribution is -2.39. The second-order valence-corrected chi connectivity index (χ2v) is 7.62. The van der Waals surface area contributed by atoms with Crippen molar-refractivity contribution in [2.24, 2.45) is 23.2 Å². The zero-order chi connectivity index (χ0) is 16.7. The Balaban J connectivity index is 1.45. The molecule has 24 heavy (non-hydrogen) atoms. The molecule has 2 aliphatic carbocycles. The molecule has 1 saturated heterocycles. The summed E-state index contributed by atoms with van der Waals surface area (Å²) in [5, 5.41) is 9.70. The first-order valence-corrected chi connectivity index (χ1v) is 8.77. The first-order valence-electron chi connectivity index (χ1n) is 8.77. The number of benzene rings is 1. The van der Waals surface area contributed by atoms with Gasteiger partial charge in [0.05, 0.1) is 5.92 Å².